The lowest BCUT2D eigenvalue weighted by Gasteiger charge is -2.05. The molecule has 90 valence electrons. The fourth-order valence-corrected chi connectivity index (χ4v) is 1.74. The number of hydrogen-bond acceptors (Lipinski definition) is 4. The van der Waals surface area contributed by atoms with Gasteiger partial charge in [0.05, 0.1) is 6.07 Å². The van der Waals surface area contributed by atoms with Crippen molar-refractivity contribution in [2.24, 2.45) is 0 Å². The van der Waals surface area contributed by atoms with Gasteiger partial charge in [-0.15, -0.1) is 0 Å². The maximum atomic E-state index is 8.39. The van der Waals surface area contributed by atoms with E-state index in [1.807, 2.05) is 18.2 Å². The molecule has 0 aromatic heterocycles. The second kappa shape index (κ2) is 6.12. The van der Waals surface area contributed by atoms with Gasteiger partial charge in [-0.1, -0.05) is 6.07 Å². The largest absolute Gasteiger partial charge is 0.454 e. The van der Waals surface area contributed by atoms with Crippen LogP contribution >= 0.6 is 0 Å². The maximum Gasteiger partial charge on any atom is 0.231 e. The Morgan fingerprint density at radius 2 is 2.12 bits per heavy atom. The summed E-state index contributed by atoms with van der Waals surface area (Å²) in [5, 5.41) is 11.7. The van der Waals surface area contributed by atoms with E-state index in [0.717, 1.165) is 37.4 Å². The summed E-state index contributed by atoms with van der Waals surface area (Å²) < 4.78 is 10.6. The molecule has 1 aromatic carbocycles. The lowest BCUT2D eigenvalue weighted by atomic mass is 10.2. The van der Waals surface area contributed by atoms with Gasteiger partial charge in [-0.25, -0.2) is 0 Å². The molecule has 0 saturated heterocycles. The van der Waals surface area contributed by atoms with Crippen molar-refractivity contribution in [1.29, 1.82) is 5.26 Å². The quantitative estimate of drug-likeness (QED) is 0.764. The van der Waals surface area contributed by atoms with Gasteiger partial charge in [-0.2, -0.15) is 5.26 Å². The molecule has 1 aliphatic heterocycles. The third-order valence-corrected chi connectivity index (χ3v) is 2.66. The van der Waals surface area contributed by atoms with Crippen LogP contribution in [0.25, 0.3) is 0 Å². The van der Waals surface area contributed by atoms with Gasteiger partial charge in [-0.05, 0) is 37.1 Å². The Morgan fingerprint density at radius 3 is 3.00 bits per heavy atom. The Kier molecular flexibility index (Phi) is 4.23. The van der Waals surface area contributed by atoms with Gasteiger partial charge in [0.1, 0.15) is 0 Å². The summed E-state index contributed by atoms with van der Waals surface area (Å²) in [5.74, 6) is 1.65. The first-order valence-corrected chi connectivity index (χ1v) is 5.86. The first kappa shape index (κ1) is 11.7. The van der Waals surface area contributed by atoms with Crippen LogP contribution < -0.4 is 14.8 Å². The highest BCUT2D eigenvalue weighted by Gasteiger charge is 2.12. The average molecular weight is 232 g/mol. The van der Waals surface area contributed by atoms with Crippen molar-refractivity contribution < 1.29 is 9.47 Å². The molecule has 0 unspecified atom stereocenters. The van der Waals surface area contributed by atoms with Crippen molar-refractivity contribution in [1.82, 2.24) is 5.32 Å². The van der Waals surface area contributed by atoms with Gasteiger partial charge < -0.3 is 14.8 Å². The number of ether oxygens (including phenoxy) is 2. The van der Waals surface area contributed by atoms with Gasteiger partial charge in [0, 0.05) is 13.0 Å². The second-order valence-corrected chi connectivity index (χ2v) is 3.98. The summed E-state index contributed by atoms with van der Waals surface area (Å²) in [7, 11) is 0. The lowest BCUT2D eigenvalue weighted by molar-refractivity contribution is 0.174. The Labute approximate surface area is 101 Å². The summed E-state index contributed by atoms with van der Waals surface area (Å²) in [5.41, 5.74) is 1.19. The van der Waals surface area contributed by atoms with Gasteiger partial charge >= 0.3 is 0 Å². The van der Waals surface area contributed by atoms with E-state index in [4.69, 9.17) is 14.7 Å². The maximum absolute atomic E-state index is 8.39. The van der Waals surface area contributed by atoms with Gasteiger partial charge in [0.15, 0.2) is 11.5 Å². The molecular weight excluding hydrogens is 216 g/mol. The van der Waals surface area contributed by atoms with E-state index < -0.39 is 0 Å². The summed E-state index contributed by atoms with van der Waals surface area (Å²) in [4.78, 5) is 0. The summed E-state index contributed by atoms with van der Waals surface area (Å²) in [6.45, 7) is 2.08. The molecule has 0 bridgehead atoms. The van der Waals surface area contributed by atoms with E-state index in [9.17, 15) is 0 Å². The highest BCUT2D eigenvalue weighted by Crippen LogP contribution is 2.32. The zero-order valence-electron chi connectivity index (χ0n) is 9.74. The molecule has 0 saturated carbocycles. The number of benzene rings is 1. The number of fused-ring (bicyclic) bond motifs is 1. The average Bonchev–Trinajstić information content (AvgIpc) is 2.81. The normalized spacial score (nSPS) is 12.4. The summed E-state index contributed by atoms with van der Waals surface area (Å²) in [6, 6.07) is 8.13. The van der Waals surface area contributed by atoms with Gasteiger partial charge in [0.2, 0.25) is 6.79 Å². The van der Waals surface area contributed by atoms with E-state index in [2.05, 4.69) is 11.4 Å². The Bertz CT molecular complexity index is 412. The van der Waals surface area contributed by atoms with Crippen molar-refractivity contribution in [3.05, 3.63) is 23.8 Å². The number of hydrogen-bond donors (Lipinski definition) is 1. The van der Waals surface area contributed by atoms with Crippen molar-refractivity contribution in [3.8, 4) is 17.6 Å². The van der Waals surface area contributed by atoms with Crippen molar-refractivity contribution in [2.75, 3.05) is 13.3 Å². The zero-order valence-corrected chi connectivity index (χ0v) is 9.74. The molecule has 2 rings (SSSR count). The van der Waals surface area contributed by atoms with Crippen LogP contribution in [0.2, 0.25) is 0 Å². The van der Waals surface area contributed by atoms with Crippen LogP contribution in [0.5, 0.6) is 11.5 Å². The first-order chi connectivity index (χ1) is 8.40. The standard InChI is InChI=1S/C13H16N2O2/c14-6-2-1-3-7-15-9-11-4-5-12-13(8-11)17-10-16-12/h4-5,8,15H,1-3,7,9-10H2. The molecular formula is C13H16N2O2. The van der Waals surface area contributed by atoms with E-state index in [-0.39, 0.29) is 0 Å². The molecule has 1 N–H and O–H groups in total. The second-order valence-electron chi connectivity index (χ2n) is 3.98. The predicted molar refractivity (Wildman–Crippen MR) is 63.7 cm³/mol. The van der Waals surface area contributed by atoms with E-state index in [1.54, 1.807) is 0 Å². The van der Waals surface area contributed by atoms with Crippen LogP contribution in [0.1, 0.15) is 24.8 Å². The Hall–Kier alpha value is -1.73. The first-order valence-electron chi connectivity index (χ1n) is 5.86. The number of nitriles is 1. The molecule has 0 amide bonds. The summed E-state index contributed by atoms with van der Waals surface area (Å²) in [6.07, 6.45) is 2.65. The number of rotatable bonds is 6. The summed E-state index contributed by atoms with van der Waals surface area (Å²) >= 11 is 0. The number of nitrogens with zero attached hydrogens (tertiary/aromatic N) is 1. The van der Waals surface area contributed by atoms with Crippen LogP contribution in [0.3, 0.4) is 0 Å². The Balaban J connectivity index is 1.71. The van der Waals surface area contributed by atoms with E-state index >= 15 is 0 Å². The molecule has 4 nitrogen and oxygen atoms in total. The van der Waals surface area contributed by atoms with Crippen molar-refractivity contribution in [2.45, 2.75) is 25.8 Å². The molecule has 0 aliphatic carbocycles. The number of unbranched alkanes of at least 4 members (excludes halogenated alkanes) is 2. The molecule has 4 heteroatoms. The Morgan fingerprint density at radius 1 is 1.24 bits per heavy atom. The van der Waals surface area contributed by atoms with Gasteiger partial charge in [-0.3, -0.25) is 0 Å². The van der Waals surface area contributed by atoms with Gasteiger partial charge in [0.25, 0.3) is 0 Å². The fourth-order valence-electron chi connectivity index (χ4n) is 1.74. The van der Waals surface area contributed by atoms with Crippen molar-refractivity contribution >= 4 is 0 Å². The third kappa shape index (κ3) is 3.36. The van der Waals surface area contributed by atoms with Crippen LogP contribution in [0.15, 0.2) is 18.2 Å². The fraction of sp³-hybridized carbons (Fsp3) is 0.462. The molecule has 0 spiro atoms. The highest BCUT2D eigenvalue weighted by molar-refractivity contribution is 5.44. The topological polar surface area (TPSA) is 54.3 Å². The molecule has 1 heterocycles. The zero-order chi connectivity index (χ0) is 11.9. The smallest absolute Gasteiger partial charge is 0.231 e. The van der Waals surface area contributed by atoms with Crippen LogP contribution in [0, 0.1) is 11.3 Å². The molecule has 0 atom stereocenters. The molecule has 1 aliphatic rings. The minimum Gasteiger partial charge on any atom is -0.454 e. The van der Waals surface area contributed by atoms with E-state index in [1.165, 1.54) is 5.56 Å². The SMILES string of the molecule is N#CCCCCNCc1ccc2c(c1)OCO2. The number of nitrogens with one attached hydrogen (secondary N) is 1. The van der Waals surface area contributed by atoms with Crippen LogP contribution in [0.4, 0.5) is 0 Å². The van der Waals surface area contributed by atoms with Crippen LogP contribution in [-0.4, -0.2) is 13.3 Å². The molecule has 0 fully saturated rings. The van der Waals surface area contributed by atoms with E-state index in [0.29, 0.717) is 13.2 Å². The molecule has 17 heavy (non-hydrogen) atoms. The minimum absolute atomic E-state index is 0.320. The minimum atomic E-state index is 0.320. The predicted octanol–water partition coefficient (Wildman–Crippen LogP) is 2.20. The lowest BCUT2D eigenvalue weighted by Crippen LogP contribution is -2.14. The van der Waals surface area contributed by atoms with Crippen LogP contribution in [-0.2, 0) is 6.54 Å². The monoisotopic (exact) mass is 232 g/mol. The highest BCUT2D eigenvalue weighted by atomic mass is 16.7. The molecule has 0 radical (unpaired) electrons. The molecule has 1 aromatic rings. The van der Waals surface area contributed by atoms with Crippen molar-refractivity contribution in [3.63, 3.8) is 0 Å². The third-order valence-electron chi connectivity index (χ3n) is 2.66.